The van der Waals surface area contributed by atoms with Crippen LogP contribution in [0.25, 0.3) is 65.9 Å². The summed E-state index contributed by atoms with van der Waals surface area (Å²) >= 11 is 0. The van der Waals surface area contributed by atoms with Crippen molar-refractivity contribution in [2.45, 2.75) is 0 Å². The molecule has 0 aliphatic carbocycles. The summed E-state index contributed by atoms with van der Waals surface area (Å²) in [6, 6.07) is 48.8. The third-order valence-corrected chi connectivity index (χ3v) is 8.32. The molecule has 0 atom stereocenters. The number of para-hydroxylation sites is 2. The molecule has 3 heterocycles. The zero-order valence-electron chi connectivity index (χ0n) is 23.1. The van der Waals surface area contributed by atoms with Gasteiger partial charge in [0.2, 0.25) is 5.71 Å². The van der Waals surface area contributed by atoms with Crippen LogP contribution in [0.4, 0.5) is 17.1 Å². The zero-order chi connectivity index (χ0) is 28.3. The molecule has 0 aliphatic heterocycles. The lowest BCUT2D eigenvalue weighted by molar-refractivity contribution is 0.654. The van der Waals surface area contributed by atoms with E-state index in [0.29, 0.717) is 5.71 Å². The lowest BCUT2D eigenvalue weighted by atomic mass is 9.98. The van der Waals surface area contributed by atoms with E-state index in [4.69, 9.17) is 8.83 Å². The van der Waals surface area contributed by atoms with Crippen LogP contribution in [0.1, 0.15) is 0 Å². The fourth-order valence-corrected chi connectivity index (χ4v) is 6.29. The Labute approximate surface area is 247 Å². The quantitative estimate of drug-likeness (QED) is 0.218. The summed E-state index contributed by atoms with van der Waals surface area (Å²) in [5.74, 6) is 0. The van der Waals surface area contributed by atoms with Crippen molar-refractivity contribution in [3.8, 4) is 11.1 Å². The van der Waals surface area contributed by atoms with Gasteiger partial charge in [0.25, 0.3) is 0 Å². The molecule has 3 aromatic heterocycles. The number of nitrogens with zero attached hydrogens (tertiary/aromatic N) is 2. The van der Waals surface area contributed by atoms with E-state index in [0.717, 1.165) is 71.9 Å². The van der Waals surface area contributed by atoms with Gasteiger partial charge in [-0.3, -0.25) is 0 Å². The molecule has 6 aromatic carbocycles. The fraction of sp³-hybridized carbons (Fsp3) is 0. The topological polar surface area (TPSA) is 42.4 Å². The fourth-order valence-electron chi connectivity index (χ4n) is 6.29. The molecular weight excluding hydrogens is 528 g/mol. The molecule has 4 heteroatoms. The molecule has 0 spiro atoms. The second kappa shape index (κ2) is 9.33. The molecule has 0 radical (unpaired) electrons. The lowest BCUT2D eigenvalue weighted by Crippen LogP contribution is -2.09. The van der Waals surface area contributed by atoms with Crippen LogP contribution in [0.5, 0.6) is 0 Å². The third-order valence-electron chi connectivity index (χ3n) is 8.32. The van der Waals surface area contributed by atoms with Gasteiger partial charge in [0, 0.05) is 44.8 Å². The van der Waals surface area contributed by atoms with Gasteiger partial charge in [-0.15, -0.1) is 0 Å². The molecule has 0 aliphatic rings. The molecular formula is C39H24N2O2. The lowest BCUT2D eigenvalue weighted by Gasteiger charge is -2.25. The van der Waals surface area contributed by atoms with Gasteiger partial charge < -0.3 is 13.7 Å². The van der Waals surface area contributed by atoms with Crippen molar-refractivity contribution >= 4 is 71.8 Å². The molecule has 0 bridgehead atoms. The molecule has 0 N–H and O–H groups in total. The summed E-state index contributed by atoms with van der Waals surface area (Å²) in [5.41, 5.74) is 8.87. The first kappa shape index (κ1) is 23.8. The number of anilines is 3. The summed E-state index contributed by atoms with van der Waals surface area (Å²) in [7, 11) is 0. The monoisotopic (exact) mass is 552 g/mol. The van der Waals surface area contributed by atoms with Crippen molar-refractivity contribution in [3.05, 3.63) is 146 Å². The Balaban J connectivity index is 1.16. The molecule has 9 aromatic rings. The number of aromatic nitrogens is 1. The summed E-state index contributed by atoms with van der Waals surface area (Å²) in [6.45, 7) is 0. The van der Waals surface area contributed by atoms with Gasteiger partial charge >= 0.3 is 0 Å². The van der Waals surface area contributed by atoms with Gasteiger partial charge in [0.15, 0.2) is 0 Å². The summed E-state index contributed by atoms with van der Waals surface area (Å²) in [4.78, 5) is 6.73. The number of furan rings is 2. The van der Waals surface area contributed by atoms with Crippen LogP contribution in [0, 0.1) is 0 Å². The van der Waals surface area contributed by atoms with Crippen LogP contribution >= 0.6 is 0 Å². The van der Waals surface area contributed by atoms with E-state index in [1.54, 1.807) is 6.20 Å². The second-order valence-electron chi connectivity index (χ2n) is 10.8. The van der Waals surface area contributed by atoms with E-state index in [-0.39, 0.29) is 0 Å². The minimum absolute atomic E-state index is 0.669. The number of hydrogen-bond donors (Lipinski definition) is 0. The van der Waals surface area contributed by atoms with Crippen molar-refractivity contribution in [1.82, 2.24) is 4.98 Å². The van der Waals surface area contributed by atoms with Crippen molar-refractivity contribution in [2.75, 3.05) is 4.90 Å². The number of rotatable bonds is 4. The Bertz CT molecular complexity index is 2450. The van der Waals surface area contributed by atoms with Crippen molar-refractivity contribution in [2.24, 2.45) is 0 Å². The Kier molecular flexibility index (Phi) is 5.16. The highest BCUT2D eigenvalue weighted by molar-refractivity contribution is 6.18. The minimum atomic E-state index is 0.669. The zero-order valence-corrected chi connectivity index (χ0v) is 23.1. The largest absolute Gasteiger partial charge is 0.456 e. The smallest absolute Gasteiger partial charge is 0.227 e. The van der Waals surface area contributed by atoms with Crippen LogP contribution < -0.4 is 4.90 Å². The molecule has 202 valence electrons. The number of hydrogen-bond acceptors (Lipinski definition) is 4. The number of fused-ring (bicyclic) bond motifs is 8. The van der Waals surface area contributed by atoms with E-state index >= 15 is 0 Å². The normalized spacial score (nSPS) is 11.7. The maximum Gasteiger partial charge on any atom is 0.227 e. The predicted molar refractivity (Wildman–Crippen MR) is 176 cm³/mol. The highest BCUT2D eigenvalue weighted by Gasteiger charge is 2.16. The average molecular weight is 553 g/mol. The van der Waals surface area contributed by atoms with Gasteiger partial charge in [0.1, 0.15) is 16.7 Å². The van der Waals surface area contributed by atoms with Crippen LogP contribution in [0.3, 0.4) is 0 Å². The van der Waals surface area contributed by atoms with E-state index in [1.807, 2.05) is 30.3 Å². The number of benzene rings is 6. The van der Waals surface area contributed by atoms with E-state index in [9.17, 15) is 0 Å². The molecule has 0 saturated heterocycles. The highest BCUT2D eigenvalue weighted by Crippen LogP contribution is 2.40. The molecule has 0 saturated carbocycles. The first-order valence-electron chi connectivity index (χ1n) is 14.4. The predicted octanol–water partition coefficient (Wildman–Crippen LogP) is 11.2. The van der Waals surface area contributed by atoms with Crippen molar-refractivity contribution in [3.63, 3.8) is 0 Å². The summed E-state index contributed by atoms with van der Waals surface area (Å²) in [5, 5.41) is 6.71. The first-order valence-corrected chi connectivity index (χ1v) is 14.4. The Morgan fingerprint density at radius 3 is 2.05 bits per heavy atom. The van der Waals surface area contributed by atoms with Gasteiger partial charge in [-0.05, 0) is 94.7 Å². The van der Waals surface area contributed by atoms with Crippen LogP contribution in [0.2, 0.25) is 0 Å². The molecule has 0 amide bonds. The van der Waals surface area contributed by atoms with Gasteiger partial charge in [0.05, 0.1) is 0 Å². The summed E-state index contributed by atoms with van der Waals surface area (Å²) < 4.78 is 12.2. The van der Waals surface area contributed by atoms with E-state index < -0.39 is 0 Å². The summed E-state index contributed by atoms with van der Waals surface area (Å²) in [6.07, 6.45) is 1.77. The van der Waals surface area contributed by atoms with Gasteiger partial charge in [-0.1, -0.05) is 66.7 Å². The van der Waals surface area contributed by atoms with Crippen molar-refractivity contribution < 1.29 is 8.83 Å². The molecule has 0 fully saturated rings. The molecule has 0 unspecified atom stereocenters. The van der Waals surface area contributed by atoms with Crippen LogP contribution in [0.15, 0.2) is 155 Å². The highest BCUT2D eigenvalue weighted by atomic mass is 16.3. The minimum Gasteiger partial charge on any atom is -0.456 e. The first-order chi connectivity index (χ1) is 21.3. The van der Waals surface area contributed by atoms with Gasteiger partial charge in [-0.2, -0.15) is 0 Å². The average Bonchev–Trinajstić information content (AvgIpc) is 3.64. The maximum absolute atomic E-state index is 6.11. The SMILES string of the molecule is c1ccc(N(c2ccc(-c3ccc4ccc5oc6ncccc6c5c4c3)cc2)c2ccc3oc4ccccc4c3c2)cc1. The Morgan fingerprint density at radius 2 is 1.14 bits per heavy atom. The Hall–Kier alpha value is -5.87. The van der Waals surface area contributed by atoms with Crippen molar-refractivity contribution in [1.29, 1.82) is 0 Å². The van der Waals surface area contributed by atoms with Crippen LogP contribution in [-0.4, -0.2) is 4.98 Å². The van der Waals surface area contributed by atoms with Gasteiger partial charge in [-0.25, -0.2) is 4.98 Å². The Morgan fingerprint density at radius 1 is 0.442 bits per heavy atom. The maximum atomic E-state index is 6.11. The van der Waals surface area contributed by atoms with E-state index in [1.165, 1.54) is 5.39 Å². The molecule has 43 heavy (non-hydrogen) atoms. The molecule has 9 rings (SSSR count). The van der Waals surface area contributed by atoms with E-state index in [2.05, 4.69) is 119 Å². The third kappa shape index (κ3) is 3.81. The standard InChI is InChI=1S/C39H24N2O2/c1-2-7-28(8-3-1)41(30-19-21-36-34(24-30)31-9-4-5-11-35(31)42-36)29-17-14-25(15-18-29)27-13-12-26-16-20-37-38(33(26)23-27)32-10-6-22-40-39(32)43-37/h1-24H. The van der Waals surface area contributed by atoms with Crippen LogP contribution in [-0.2, 0) is 0 Å². The number of pyridine rings is 1. The molecule has 4 nitrogen and oxygen atoms in total. The second-order valence-corrected chi connectivity index (χ2v) is 10.8.